The van der Waals surface area contributed by atoms with Gasteiger partial charge < -0.3 is 5.32 Å². The fourth-order valence-electron chi connectivity index (χ4n) is 3.64. The van der Waals surface area contributed by atoms with Crippen LogP contribution in [-0.4, -0.2) is 36.1 Å². The Labute approximate surface area is 106 Å². The summed E-state index contributed by atoms with van der Waals surface area (Å²) >= 11 is 0. The highest BCUT2D eigenvalue weighted by Crippen LogP contribution is 2.40. The lowest BCUT2D eigenvalue weighted by atomic mass is 9.98. The van der Waals surface area contributed by atoms with Crippen LogP contribution in [0.3, 0.4) is 0 Å². The van der Waals surface area contributed by atoms with Gasteiger partial charge in [-0.2, -0.15) is 0 Å². The highest BCUT2D eigenvalue weighted by Gasteiger charge is 2.43. The SMILES string of the molecule is CCCC(C)N1CC(C2CC2)NCC1C1CC1. The standard InChI is InChI=1S/C15H28N2/c1-3-4-11(2)17-10-14(12-5-6-12)16-9-15(17)13-7-8-13/h11-16H,3-10H2,1-2H3. The summed E-state index contributed by atoms with van der Waals surface area (Å²) in [5.74, 6) is 2.02. The van der Waals surface area contributed by atoms with Gasteiger partial charge in [0.05, 0.1) is 0 Å². The summed E-state index contributed by atoms with van der Waals surface area (Å²) in [5.41, 5.74) is 0. The van der Waals surface area contributed by atoms with Gasteiger partial charge in [-0.15, -0.1) is 0 Å². The van der Waals surface area contributed by atoms with Crippen LogP contribution < -0.4 is 5.32 Å². The van der Waals surface area contributed by atoms with Crippen LogP contribution in [0.5, 0.6) is 0 Å². The first-order valence-corrected chi connectivity index (χ1v) is 7.78. The van der Waals surface area contributed by atoms with Crippen molar-refractivity contribution in [3.8, 4) is 0 Å². The van der Waals surface area contributed by atoms with Gasteiger partial charge in [-0.1, -0.05) is 13.3 Å². The first-order chi connectivity index (χ1) is 8.29. The Bertz CT molecular complexity index is 258. The molecule has 1 N–H and O–H groups in total. The van der Waals surface area contributed by atoms with E-state index in [-0.39, 0.29) is 0 Å². The molecule has 2 saturated carbocycles. The second kappa shape index (κ2) is 4.89. The second-order valence-electron chi connectivity index (χ2n) is 6.59. The maximum atomic E-state index is 3.84. The van der Waals surface area contributed by atoms with Crippen LogP contribution >= 0.6 is 0 Å². The minimum Gasteiger partial charge on any atom is -0.311 e. The van der Waals surface area contributed by atoms with Crippen molar-refractivity contribution in [3.05, 3.63) is 0 Å². The molecule has 1 aliphatic heterocycles. The van der Waals surface area contributed by atoms with Gasteiger partial charge in [-0.05, 0) is 50.9 Å². The molecule has 2 nitrogen and oxygen atoms in total. The van der Waals surface area contributed by atoms with Crippen LogP contribution in [0.2, 0.25) is 0 Å². The van der Waals surface area contributed by atoms with E-state index >= 15 is 0 Å². The molecule has 2 heteroatoms. The molecule has 0 amide bonds. The molecule has 3 rings (SSSR count). The monoisotopic (exact) mass is 236 g/mol. The number of hydrogen-bond acceptors (Lipinski definition) is 2. The van der Waals surface area contributed by atoms with Gasteiger partial charge in [0.1, 0.15) is 0 Å². The zero-order valence-electron chi connectivity index (χ0n) is 11.5. The van der Waals surface area contributed by atoms with Crippen molar-refractivity contribution in [2.45, 2.75) is 70.5 Å². The van der Waals surface area contributed by atoms with Crippen molar-refractivity contribution in [2.75, 3.05) is 13.1 Å². The van der Waals surface area contributed by atoms with Gasteiger partial charge in [0.2, 0.25) is 0 Å². The Balaban J connectivity index is 1.63. The molecular formula is C15H28N2. The van der Waals surface area contributed by atoms with Crippen LogP contribution in [0.25, 0.3) is 0 Å². The zero-order valence-corrected chi connectivity index (χ0v) is 11.5. The average molecular weight is 236 g/mol. The molecule has 3 atom stereocenters. The predicted octanol–water partition coefficient (Wildman–Crippen LogP) is 2.64. The Morgan fingerprint density at radius 1 is 1.18 bits per heavy atom. The molecule has 0 radical (unpaired) electrons. The number of piperazine rings is 1. The number of nitrogens with one attached hydrogen (secondary N) is 1. The van der Waals surface area contributed by atoms with E-state index in [4.69, 9.17) is 0 Å². The van der Waals surface area contributed by atoms with Gasteiger partial charge in [0.25, 0.3) is 0 Å². The van der Waals surface area contributed by atoms with Crippen molar-refractivity contribution in [2.24, 2.45) is 11.8 Å². The van der Waals surface area contributed by atoms with Gasteiger partial charge >= 0.3 is 0 Å². The molecule has 17 heavy (non-hydrogen) atoms. The summed E-state index contributed by atoms with van der Waals surface area (Å²) < 4.78 is 0. The highest BCUT2D eigenvalue weighted by atomic mass is 15.3. The Morgan fingerprint density at radius 2 is 1.88 bits per heavy atom. The number of rotatable bonds is 5. The highest BCUT2D eigenvalue weighted by molar-refractivity contribution is 5.00. The Hall–Kier alpha value is -0.0800. The molecule has 3 aliphatic rings. The van der Waals surface area contributed by atoms with E-state index in [0.29, 0.717) is 0 Å². The van der Waals surface area contributed by atoms with Crippen LogP contribution in [0.1, 0.15) is 52.4 Å². The third kappa shape index (κ3) is 2.68. The smallest absolute Gasteiger partial charge is 0.0252 e. The minimum atomic E-state index is 0.800. The maximum absolute atomic E-state index is 3.84. The Morgan fingerprint density at radius 3 is 2.47 bits per heavy atom. The van der Waals surface area contributed by atoms with Crippen molar-refractivity contribution in [3.63, 3.8) is 0 Å². The molecule has 2 aliphatic carbocycles. The summed E-state index contributed by atoms with van der Waals surface area (Å²) in [6.45, 7) is 7.37. The quantitative estimate of drug-likeness (QED) is 0.789. The van der Waals surface area contributed by atoms with Crippen LogP contribution in [0.4, 0.5) is 0 Å². The molecule has 0 bridgehead atoms. The van der Waals surface area contributed by atoms with Crippen LogP contribution in [0.15, 0.2) is 0 Å². The summed E-state index contributed by atoms with van der Waals surface area (Å²) in [5, 5.41) is 3.84. The van der Waals surface area contributed by atoms with Gasteiger partial charge in [0, 0.05) is 31.2 Å². The van der Waals surface area contributed by atoms with Crippen molar-refractivity contribution in [1.29, 1.82) is 0 Å². The lowest BCUT2D eigenvalue weighted by Gasteiger charge is -2.44. The predicted molar refractivity (Wildman–Crippen MR) is 72.1 cm³/mol. The summed E-state index contributed by atoms with van der Waals surface area (Å²) in [6.07, 6.45) is 8.62. The molecule has 0 aromatic rings. The van der Waals surface area contributed by atoms with E-state index in [2.05, 4.69) is 24.1 Å². The lowest BCUT2D eigenvalue weighted by Crippen LogP contribution is -2.60. The maximum Gasteiger partial charge on any atom is 0.0252 e. The van der Waals surface area contributed by atoms with E-state index in [1.807, 2.05) is 0 Å². The third-order valence-electron chi connectivity index (χ3n) is 5.05. The van der Waals surface area contributed by atoms with Gasteiger partial charge in [0.15, 0.2) is 0 Å². The molecular weight excluding hydrogens is 208 g/mol. The topological polar surface area (TPSA) is 15.3 Å². The average Bonchev–Trinajstić information content (AvgIpc) is 3.18. The largest absolute Gasteiger partial charge is 0.311 e. The molecule has 1 heterocycles. The zero-order chi connectivity index (χ0) is 11.8. The van der Waals surface area contributed by atoms with E-state index < -0.39 is 0 Å². The number of hydrogen-bond donors (Lipinski definition) is 1. The van der Waals surface area contributed by atoms with Crippen LogP contribution in [0, 0.1) is 11.8 Å². The second-order valence-corrected chi connectivity index (χ2v) is 6.59. The normalized spacial score (nSPS) is 37.1. The first kappa shape index (κ1) is 12.0. The van der Waals surface area contributed by atoms with Crippen LogP contribution in [-0.2, 0) is 0 Å². The lowest BCUT2D eigenvalue weighted by molar-refractivity contribution is 0.0666. The molecule has 1 saturated heterocycles. The van der Waals surface area contributed by atoms with Crippen molar-refractivity contribution >= 4 is 0 Å². The third-order valence-corrected chi connectivity index (χ3v) is 5.05. The summed E-state index contributed by atoms with van der Waals surface area (Å²) in [6, 6.07) is 2.46. The molecule has 0 spiro atoms. The van der Waals surface area contributed by atoms with E-state index in [0.717, 1.165) is 30.0 Å². The Kier molecular flexibility index (Phi) is 3.45. The molecule has 3 unspecified atom stereocenters. The fourth-order valence-corrected chi connectivity index (χ4v) is 3.64. The minimum absolute atomic E-state index is 0.800. The molecule has 3 fully saturated rings. The number of nitrogens with zero attached hydrogens (tertiary/aromatic N) is 1. The van der Waals surface area contributed by atoms with E-state index in [1.54, 1.807) is 0 Å². The summed E-state index contributed by atoms with van der Waals surface area (Å²) in [7, 11) is 0. The molecule has 98 valence electrons. The molecule has 0 aromatic carbocycles. The fraction of sp³-hybridized carbons (Fsp3) is 1.00. The van der Waals surface area contributed by atoms with Gasteiger partial charge in [-0.25, -0.2) is 0 Å². The molecule has 0 aromatic heterocycles. The summed E-state index contributed by atoms with van der Waals surface area (Å²) in [4.78, 5) is 2.86. The first-order valence-electron chi connectivity index (χ1n) is 7.78. The van der Waals surface area contributed by atoms with Crippen molar-refractivity contribution in [1.82, 2.24) is 10.2 Å². The van der Waals surface area contributed by atoms with Gasteiger partial charge in [-0.3, -0.25) is 4.90 Å². The van der Waals surface area contributed by atoms with Crippen molar-refractivity contribution < 1.29 is 0 Å². The van der Waals surface area contributed by atoms with E-state index in [1.165, 1.54) is 51.6 Å². The van der Waals surface area contributed by atoms with E-state index in [9.17, 15) is 0 Å².